The number of methoxy groups -OCH3 is 1. The van der Waals surface area contributed by atoms with Crippen LogP contribution < -0.4 is 10.9 Å². The third-order valence-corrected chi connectivity index (χ3v) is 6.13. The maximum absolute atomic E-state index is 12.5. The van der Waals surface area contributed by atoms with Gasteiger partial charge in [0.1, 0.15) is 4.83 Å². The van der Waals surface area contributed by atoms with Crippen molar-refractivity contribution in [3.8, 4) is 0 Å². The van der Waals surface area contributed by atoms with Crippen molar-refractivity contribution in [2.45, 2.75) is 31.3 Å². The molecule has 1 atom stereocenters. The molecule has 24 heavy (non-hydrogen) atoms. The summed E-state index contributed by atoms with van der Waals surface area (Å²) in [6.07, 6.45) is 3.10. The zero-order valence-electron chi connectivity index (χ0n) is 13.8. The lowest BCUT2D eigenvalue weighted by molar-refractivity contribution is -0.118. The molecule has 1 aliphatic carbocycles. The van der Waals surface area contributed by atoms with E-state index >= 15 is 0 Å². The van der Waals surface area contributed by atoms with Gasteiger partial charge >= 0.3 is 0 Å². The molecule has 0 bridgehead atoms. The monoisotopic (exact) mass is 367 g/mol. The van der Waals surface area contributed by atoms with Crippen molar-refractivity contribution in [1.82, 2.24) is 15.3 Å². The van der Waals surface area contributed by atoms with Crippen molar-refractivity contribution in [2.24, 2.45) is 5.92 Å². The minimum Gasteiger partial charge on any atom is -0.383 e. The predicted octanol–water partition coefficient (Wildman–Crippen LogP) is 1.96. The first-order valence-electron chi connectivity index (χ1n) is 8.01. The van der Waals surface area contributed by atoms with Gasteiger partial charge in [-0.25, -0.2) is 4.98 Å². The molecule has 1 aliphatic rings. The largest absolute Gasteiger partial charge is 0.383 e. The van der Waals surface area contributed by atoms with Crippen molar-refractivity contribution in [1.29, 1.82) is 0 Å². The Morgan fingerprint density at radius 1 is 1.54 bits per heavy atom. The third-order valence-electron chi connectivity index (χ3n) is 4.11. The van der Waals surface area contributed by atoms with E-state index in [1.54, 1.807) is 18.4 Å². The van der Waals surface area contributed by atoms with Gasteiger partial charge in [0.05, 0.1) is 17.7 Å². The molecule has 0 fully saturated rings. The number of carbonyl (C=O) groups is 1. The number of rotatable bonds is 6. The maximum Gasteiger partial charge on any atom is 0.260 e. The lowest BCUT2D eigenvalue weighted by atomic mass is 9.89. The van der Waals surface area contributed by atoms with Gasteiger partial charge < -0.3 is 15.0 Å². The number of aromatic amines is 1. The van der Waals surface area contributed by atoms with E-state index in [0.717, 1.165) is 29.5 Å². The van der Waals surface area contributed by atoms with Crippen LogP contribution in [0.15, 0.2) is 9.95 Å². The second-order valence-corrected chi connectivity index (χ2v) is 8.08. The number of nitrogens with one attached hydrogen (secondary N) is 2. The molecule has 8 heteroatoms. The highest BCUT2D eigenvalue weighted by Gasteiger charge is 2.23. The van der Waals surface area contributed by atoms with Crippen LogP contribution in [0.2, 0.25) is 0 Å². The second-order valence-electron chi connectivity index (χ2n) is 6.03. The van der Waals surface area contributed by atoms with Gasteiger partial charge in [0.25, 0.3) is 5.56 Å². The summed E-state index contributed by atoms with van der Waals surface area (Å²) < 4.78 is 4.89. The number of aromatic nitrogens is 2. The molecule has 0 unspecified atom stereocenters. The van der Waals surface area contributed by atoms with E-state index in [-0.39, 0.29) is 17.2 Å². The minimum atomic E-state index is -0.0981. The summed E-state index contributed by atoms with van der Waals surface area (Å²) in [6, 6.07) is 0. The quantitative estimate of drug-likeness (QED) is 0.463. The fourth-order valence-corrected chi connectivity index (χ4v) is 5.01. The van der Waals surface area contributed by atoms with E-state index < -0.39 is 0 Å². The lowest BCUT2D eigenvalue weighted by Gasteiger charge is -2.17. The number of H-pyrrole nitrogens is 1. The molecule has 2 heterocycles. The molecule has 130 valence electrons. The summed E-state index contributed by atoms with van der Waals surface area (Å²) in [7, 11) is 1.59. The number of nitrogens with zero attached hydrogens (tertiary/aromatic N) is 1. The van der Waals surface area contributed by atoms with E-state index in [9.17, 15) is 9.59 Å². The first-order chi connectivity index (χ1) is 11.6. The van der Waals surface area contributed by atoms with Crippen molar-refractivity contribution >= 4 is 39.2 Å². The van der Waals surface area contributed by atoms with E-state index in [2.05, 4.69) is 22.2 Å². The topological polar surface area (TPSA) is 84.1 Å². The van der Waals surface area contributed by atoms with Gasteiger partial charge in [-0.3, -0.25) is 9.59 Å². The highest BCUT2D eigenvalue weighted by atomic mass is 32.2. The molecule has 2 N–H and O–H groups in total. The highest BCUT2D eigenvalue weighted by molar-refractivity contribution is 7.99. The molecule has 2 aromatic heterocycles. The zero-order valence-corrected chi connectivity index (χ0v) is 15.4. The Morgan fingerprint density at radius 2 is 2.38 bits per heavy atom. The van der Waals surface area contributed by atoms with Gasteiger partial charge in [0, 0.05) is 18.5 Å². The summed E-state index contributed by atoms with van der Waals surface area (Å²) in [4.78, 5) is 33.6. The van der Waals surface area contributed by atoms with E-state index in [4.69, 9.17) is 4.74 Å². The van der Waals surface area contributed by atoms with Gasteiger partial charge in [-0.2, -0.15) is 0 Å². The maximum atomic E-state index is 12.5. The summed E-state index contributed by atoms with van der Waals surface area (Å²) in [5.41, 5.74) is 1.09. The molecule has 0 saturated carbocycles. The molecule has 2 aromatic rings. The van der Waals surface area contributed by atoms with Crippen LogP contribution in [-0.4, -0.2) is 41.9 Å². The molecule has 0 spiro atoms. The summed E-state index contributed by atoms with van der Waals surface area (Å²) >= 11 is 2.87. The van der Waals surface area contributed by atoms with Crippen LogP contribution in [0.25, 0.3) is 10.2 Å². The summed E-state index contributed by atoms with van der Waals surface area (Å²) in [6.45, 7) is 3.21. The van der Waals surface area contributed by atoms with Crippen LogP contribution in [-0.2, 0) is 22.4 Å². The fourth-order valence-electron chi connectivity index (χ4n) is 2.87. The SMILES string of the molecule is COCCNC(=O)CSc1nc2sc3c(c2c(=O)[nH]1)CC[C@H](C)C3. The lowest BCUT2D eigenvalue weighted by Crippen LogP contribution is -2.28. The van der Waals surface area contributed by atoms with Crippen LogP contribution in [0.1, 0.15) is 23.8 Å². The number of thioether (sulfide) groups is 1. The number of fused-ring (bicyclic) bond motifs is 3. The third kappa shape index (κ3) is 3.81. The van der Waals surface area contributed by atoms with Crippen molar-refractivity contribution in [3.63, 3.8) is 0 Å². The number of aryl methyl sites for hydroxylation is 1. The van der Waals surface area contributed by atoms with E-state index in [1.165, 1.54) is 22.2 Å². The molecular formula is C16H21N3O3S2. The molecular weight excluding hydrogens is 346 g/mol. The average Bonchev–Trinajstić information content (AvgIpc) is 2.90. The number of thiophene rings is 1. The van der Waals surface area contributed by atoms with Crippen LogP contribution in [0.5, 0.6) is 0 Å². The Labute approximate surface area is 148 Å². The fraction of sp³-hybridized carbons (Fsp3) is 0.562. The average molecular weight is 367 g/mol. The van der Waals surface area contributed by atoms with Crippen LogP contribution in [0.4, 0.5) is 0 Å². The van der Waals surface area contributed by atoms with Crippen LogP contribution in [0, 0.1) is 5.92 Å². The zero-order chi connectivity index (χ0) is 17.1. The Kier molecular flexibility index (Phi) is 5.57. The van der Waals surface area contributed by atoms with Gasteiger partial charge in [-0.05, 0) is 30.7 Å². The number of amides is 1. The van der Waals surface area contributed by atoms with Gasteiger partial charge in [0.15, 0.2) is 5.16 Å². The van der Waals surface area contributed by atoms with E-state index in [0.29, 0.717) is 24.2 Å². The van der Waals surface area contributed by atoms with Gasteiger partial charge in [-0.15, -0.1) is 11.3 Å². The Morgan fingerprint density at radius 3 is 3.17 bits per heavy atom. The number of ether oxygens (including phenoxy) is 1. The Balaban J connectivity index is 1.74. The number of carbonyl (C=O) groups excluding carboxylic acids is 1. The standard InChI is InChI=1S/C16H21N3O3S2/c1-9-3-4-10-11(7-9)24-15-13(10)14(21)18-16(19-15)23-8-12(20)17-5-6-22-2/h9H,3-8H2,1-2H3,(H,17,20)(H,18,19,21)/t9-/m0/s1. The minimum absolute atomic E-state index is 0.0886. The summed E-state index contributed by atoms with van der Waals surface area (Å²) in [5, 5.41) is 4.00. The summed E-state index contributed by atoms with van der Waals surface area (Å²) in [5.74, 6) is 0.786. The van der Waals surface area contributed by atoms with Gasteiger partial charge in [0.2, 0.25) is 5.91 Å². The van der Waals surface area contributed by atoms with Crippen LogP contribution >= 0.6 is 23.1 Å². The molecule has 0 aromatic carbocycles. The Hall–Kier alpha value is -1.38. The number of hydrogen-bond donors (Lipinski definition) is 2. The molecule has 0 aliphatic heterocycles. The molecule has 1 amide bonds. The Bertz CT molecular complexity index is 800. The highest BCUT2D eigenvalue weighted by Crippen LogP contribution is 2.36. The van der Waals surface area contributed by atoms with Crippen LogP contribution in [0.3, 0.4) is 0 Å². The van der Waals surface area contributed by atoms with Crippen molar-refractivity contribution < 1.29 is 9.53 Å². The molecule has 0 radical (unpaired) electrons. The van der Waals surface area contributed by atoms with E-state index in [1.807, 2.05) is 0 Å². The second kappa shape index (κ2) is 7.67. The van der Waals surface area contributed by atoms with Crippen molar-refractivity contribution in [2.75, 3.05) is 26.0 Å². The first-order valence-corrected chi connectivity index (χ1v) is 9.81. The normalized spacial score (nSPS) is 17.0. The van der Waals surface area contributed by atoms with Crippen molar-refractivity contribution in [3.05, 3.63) is 20.8 Å². The van der Waals surface area contributed by atoms with Gasteiger partial charge in [-0.1, -0.05) is 18.7 Å². The number of hydrogen-bond acceptors (Lipinski definition) is 6. The molecule has 0 saturated heterocycles. The first kappa shape index (κ1) is 17.4. The smallest absolute Gasteiger partial charge is 0.260 e. The molecule has 6 nitrogen and oxygen atoms in total. The predicted molar refractivity (Wildman–Crippen MR) is 97.0 cm³/mol. The molecule has 3 rings (SSSR count).